The second kappa shape index (κ2) is 8.34. The molecular weight excluding hydrogens is 364 g/mol. The lowest BCUT2D eigenvalue weighted by atomic mass is 9.95. The normalized spacial score (nSPS) is 16.4. The van der Waals surface area contributed by atoms with Gasteiger partial charge in [-0.1, -0.05) is 71.6 Å². The third-order valence-corrected chi connectivity index (χ3v) is 5.24. The average molecular weight is 387 g/mol. The summed E-state index contributed by atoms with van der Waals surface area (Å²) in [6, 6.07) is 17.7. The highest BCUT2D eigenvalue weighted by molar-refractivity contribution is 9.10. The Balaban J connectivity index is 1.81. The van der Waals surface area contributed by atoms with Gasteiger partial charge in [0.1, 0.15) is 6.04 Å². The highest BCUT2D eigenvalue weighted by Crippen LogP contribution is 2.27. The van der Waals surface area contributed by atoms with Crippen LogP contribution >= 0.6 is 15.9 Å². The van der Waals surface area contributed by atoms with Crippen molar-refractivity contribution in [3.63, 3.8) is 0 Å². The number of carbonyl (C=O) groups excluding carboxylic acids is 1. The summed E-state index contributed by atoms with van der Waals surface area (Å²) in [4.78, 5) is 13.0. The second-order valence-electron chi connectivity index (χ2n) is 6.31. The van der Waals surface area contributed by atoms with Crippen LogP contribution in [0.5, 0.6) is 0 Å². The molecule has 24 heavy (non-hydrogen) atoms. The molecule has 2 N–H and O–H groups in total. The Bertz CT molecular complexity index is 668. The van der Waals surface area contributed by atoms with Gasteiger partial charge in [0.05, 0.1) is 0 Å². The summed E-state index contributed by atoms with van der Waals surface area (Å²) in [5.74, 6) is 0.0395. The van der Waals surface area contributed by atoms with Gasteiger partial charge in [-0.05, 0) is 36.6 Å². The Morgan fingerprint density at radius 1 is 0.958 bits per heavy atom. The maximum Gasteiger partial charge on any atom is 0.247 e. The molecule has 0 spiro atoms. The number of benzene rings is 2. The van der Waals surface area contributed by atoms with E-state index in [-0.39, 0.29) is 5.91 Å². The molecule has 1 amide bonds. The molecule has 0 saturated heterocycles. The molecule has 1 saturated carbocycles. The third-order valence-electron chi connectivity index (χ3n) is 4.51. The monoisotopic (exact) mass is 386 g/mol. The molecule has 1 aliphatic carbocycles. The van der Waals surface area contributed by atoms with E-state index in [1.54, 1.807) is 0 Å². The number of rotatable bonds is 5. The van der Waals surface area contributed by atoms with E-state index < -0.39 is 6.04 Å². The highest BCUT2D eigenvalue weighted by Gasteiger charge is 2.25. The zero-order valence-corrected chi connectivity index (χ0v) is 15.3. The molecule has 2 aromatic carbocycles. The number of anilines is 1. The van der Waals surface area contributed by atoms with Crippen LogP contribution in [-0.4, -0.2) is 11.9 Å². The number of amides is 1. The lowest BCUT2D eigenvalue weighted by Crippen LogP contribution is -2.41. The molecule has 2 aromatic rings. The van der Waals surface area contributed by atoms with E-state index in [2.05, 4.69) is 26.6 Å². The van der Waals surface area contributed by atoms with E-state index in [0.29, 0.717) is 6.04 Å². The molecule has 1 unspecified atom stereocenters. The number of hydrogen-bond donors (Lipinski definition) is 2. The predicted octanol–water partition coefficient (Wildman–Crippen LogP) is 5.05. The van der Waals surface area contributed by atoms with Crippen molar-refractivity contribution in [3.05, 3.63) is 64.6 Å². The molecule has 3 rings (SSSR count). The van der Waals surface area contributed by atoms with Crippen LogP contribution in [0, 0.1) is 0 Å². The summed E-state index contributed by atoms with van der Waals surface area (Å²) in [5, 5.41) is 6.63. The van der Waals surface area contributed by atoms with Gasteiger partial charge in [-0.2, -0.15) is 0 Å². The third kappa shape index (κ3) is 4.38. The van der Waals surface area contributed by atoms with E-state index >= 15 is 0 Å². The van der Waals surface area contributed by atoms with E-state index in [1.165, 1.54) is 19.3 Å². The highest BCUT2D eigenvalue weighted by atomic mass is 79.9. The van der Waals surface area contributed by atoms with Gasteiger partial charge in [0.25, 0.3) is 0 Å². The molecule has 1 aliphatic rings. The fraction of sp³-hybridized carbons (Fsp3) is 0.350. The van der Waals surface area contributed by atoms with E-state index in [1.807, 2.05) is 54.6 Å². The van der Waals surface area contributed by atoms with Crippen molar-refractivity contribution in [2.45, 2.75) is 44.2 Å². The van der Waals surface area contributed by atoms with Gasteiger partial charge in [-0.15, -0.1) is 0 Å². The second-order valence-corrected chi connectivity index (χ2v) is 7.16. The summed E-state index contributed by atoms with van der Waals surface area (Å²) in [6.45, 7) is 0. The van der Waals surface area contributed by atoms with Crippen molar-refractivity contribution in [1.29, 1.82) is 0 Å². The van der Waals surface area contributed by atoms with Gasteiger partial charge >= 0.3 is 0 Å². The van der Waals surface area contributed by atoms with Crippen LogP contribution in [-0.2, 0) is 4.79 Å². The molecule has 0 heterocycles. The maximum absolute atomic E-state index is 13.0. The SMILES string of the molecule is O=C(NC1CCCCC1)C(Nc1ccccc1)c1ccccc1Br. The van der Waals surface area contributed by atoms with Crippen molar-refractivity contribution in [2.75, 3.05) is 5.32 Å². The summed E-state index contributed by atoms with van der Waals surface area (Å²) < 4.78 is 0.942. The standard InChI is InChI=1S/C20H23BrN2O/c21-18-14-8-7-13-17(18)19(22-15-9-3-1-4-10-15)20(24)23-16-11-5-2-6-12-16/h1,3-4,7-10,13-14,16,19,22H,2,5-6,11-12H2,(H,23,24). The van der Waals surface area contributed by atoms with Gasteiger partial charge in [0.2, 0.25) is 5.91 Å². The van der Waals surface area contributed by atoms with Crippen molar-refractivity contribution in [2.24, 2.45) is 0 Å². The fourth-order valence-corrected chi connectivity index (χ4v) is 3.74. The van der Waals surface area contributed by atoms with Gasteiger partial charge < -0.3 is 10.6 Å². The van der Waals surface area contributed by atoms with E-state index in [9.17, 15) is 4.79 Å². The molecule has 0 aromatic heterocycles. The lowest BCUT2D eigenvalue weighted by Gasteiger charge is -2.27. The molecule has 1 atom stereocenters. The van der Waals surface area contributed by atoms with E-state index in [0.717, 1.165) is 28.6 Å². The first-order valence-corrected chi connectivity index (χ1v) is 9.40. The maximum atomic E-state index is 13.0. The Morgan fingerprint density at radius 2 is 1.62 bits per heavy atom. The van der Waals surface area contributed by atoms with Crippen LogP contribution < -0.4 is 10.6 Å². The molecule has 0 bridgehead atoms. The van der Waals surface area contributed by atoms with Crippen LogP contribution in [0.25, 0.3) is 0 Å². The first kappa shape index (κ1) is 17.0. The van der Waals surface area contributed by atoms with Crippen molar-refractivity contribution in [3.8, 4) is 0 Å². The molecule has 1 fully saturated rings. The van der Waals surface area contributed by atoms with Gasteiger partial charge in [-0.3, -0.25) is 4.79 Å². The molecule has 3 nitrogen and oxygen atoms in total. The smallest absolute Gasteiger partial charge is 0.247 e. The summed E-state index contributed by atoms with van der Waals surface area (Å²) >= 11 is 3.58. The van der Waals surface area contributed by atoms with Crippen LogP contribution in [0.15, 0.2) is 59.1 Å². The Morgan fingerprint density at radius 3 is 2.33 bits per heavy atom. The van der Waals surface area contributed by atoms with Gasteiger partial charge in [0.15, 0.2) is 0 Å². The Kier molecular flexibility index (Phi) is 5.91. The van der Waals surface area contributed by atoms with Crippen LogP contribution in [0.1, 0.15) is 43.7 Å². The van der Waals surface area contributed by atoms with E-state index in [4.69, 9.17) is 0 Å². The van der Waals surface area contributed by atoms with Gasteiger partial charge in [-0.25, -0.2) is 0 Å². The minimum absolute atomic E-state index is 0.0395. The number of nitrogens with one attached hydrogen (secondary N) is 2. The van der Waals surface area contributed by atoms with Crippen LogP contribution in [0.4, 0.5) is 5.69 Å². The Hall–Kier alpha value is -1.81. The predicted molar refractivity (Wildman–Crippen MR) is 102 cm³/mol. The lowest BCUT2D eigenvalue weighted by molar-refractivity contribution is -0.122. The van der Waals surface area contributed by atoms with Crippen LogP contribution in [0.3, 0.4) is 0 Å². The number of halogens is 1. The van der Waals surface area contributed by atoms with Gasteiger partial charge in [0, 0.05) is 16.2 Å². The summed E-state index contributed by atoms with van der Waals surface area (Å²) in [6.07, 6.45) is 5.86. The first-order valence-electron chi connectivity index (χ1n) is 8.60. The molecule has 4 heteroatoms. The molecule has 126 valence electrons. The average Bonchev–Trinajstić information content (AvgIpc) is 2.62. The van der Waals surface area contributed by atoms with Crippen molar-refractivity contribution >= 4 is 27.5 Å². The topological polar surface area (TPSA) is 41.1 Å². The minimum atomic E-state index is -0.412. The molecule has 0 aliphatic heterocycles. The summed E-state index contributed by atoms with van der Waals surface area (Å²) in [5.41, 5.74) is 1.90. The summed E-state index contributed by atoms with van der Waals surface area (Å²) in [7, 11) is 0. The number of carbonyl (C=O) groups is 1. The first-order chi connectivity index (χ1) is 11.7. The fourth-order valence-electron chi connectivity index (χ4n) is 3.23. The molecular formula is C20H23BrN2O. The zero-order chi connectivity index (χ0) is 16.8. The molecule has 0 radical (unpaired) electrons. The Labute approximate surface area is 152 Å². The van der Waals surface area contributed by atoms with Crippen molar-refractivity contribution in [1.82, 2.24) is 5.32 Å². The zero-order valence-electron chi connectivity index (χ0n) is 13.7. The minimum Gasteiger partial charge on any atom is -0.370 e. The largest absolute Gasteiger partial charge is 0.370 e. The van der Waals surface area contributed by atoms with Crippen LogP contribution in [0.2, 0.25) is 0 Å². The number of hydrogen-bond acceptors (Lipinski definition) is 2. The van der Waals surface area contributed by atoms with Crippen molar-refractivity contribution < 1.29 is 4.79 Å². The quantitative estimate of drug-likeness (QED) is 0.754. The number of para-hydroxylation sites is 1.